The van der Waals surface area contributed by atoms with Gasteiger partial charge in [-0.15, -0.1) is 0 Å². The fourth-order valence-electron chi connectivity index (χ4n) is 1.74. The highest BCUT2D eigenvalue weighted by atomic mass is 16.3. The summed E-state index contributed by atoms with van der Waals surface area (Å²) in [6.45, 7) is 3.81. The van der Waals surface area contributed by atoms with Gasteiger partial charge in [-0.25, -0.2) is 0 Å². The molecule has 0 aliphatic heterocycles. The summed E-state index contributed by atoms with van der Waals surface area (Å²) < 4.78 is 1.72. The van der Waals surface area contributed by atoms with E-state index in [1.165, 1.54) is 5.56 Å². The molecular weight excluding hydrogens is 228 g/mol. The highest BCUT2D eigenvalue weighted by Crippen LogP contribution is 2.03. The summed E-state index contributed by atoms with van der Waals surface area (Å²) in [5.41, 5.74) is 2.36. The zero-order chi connectivity index (χ0) is 12.8. The Morgan fingerprint density at radius 2 is 2.33 bits per heavy atom. The molecule has 0 saturated carbocycles. The van der Waals surface area contributed by atoms with Crippen LogP contribution in [-0.4, -0.2) is 32.5 Å². The Balaban J connectivity index is 1.74. The standard InChI is InChI=1S/C13H18N4O/c1-11-3-5-14-7-12(11)8-15-9-13(18)10-17-6-2-4-16-17/h2-7,13,15,18H,8-10H2,1H3. The van der Waals surface area contributed by atoms with E-state index in [1.807, 2.05) is 24.5 Å². The summed E-state index contributed by atoms with van der Waals surface area (Å²) in [5.74, 6) is 0. The molecule has 0 aliphatic carbocycles. The maximum absolute atomic E-state index is 9.83. The Bertz CT molecular complexity index is 470. The molecule has 0 aliphatic rings. The van der Waals surface area contributed by atoms with Crippen LogP contribution in [0.4, 0.5) is 0 Å². The molecule has 0 aromatic carbocycles. The number of hydrogen-bond acceptors (Lipinski definition) is 4. The van der Waals surface area contributed by atoms with Crippen LogP contribution in [0, 0.1) is 6.92 Å². The lowest BCUT2D eigenvalue weighted by molar-refractivity contribution is 0.146. The quantitative estimate of drug-likeness (QED) is 0.789. The third-order valence-corrected chi connectivity index (χ3v) is 2.80. The van der Waals surface area contributed by atoms with E-state index in [1.54, 1.807) is 17.1 Å². The number of nitrogens with one attached hydrogen (secondary N) is 1. The second kappa shape index (κ2) is 6.28. The Kier molecular flexibility index (Phi) is 4.44. The summed E-state index contributed by atoms with van der Waals surface area (Å²) in [6, 6.07) is 3.83. The predicted molar refractivity (Wildman–Crippen MR) is 68.9 cm³/mol. The van der Waals surface area contributed by atoms with Crippen molar-refractivity contribution in [3.63, 3.8) is 0 Å². The molecular formula is C13H18N4O. The topological polar surface area (TPSA) is 63.0 Å². The highest BCUT2D eigenvalue weighted by Gasteiger charge is 2.05. The van der Waals surface area contributed by atoms with Crippen LogP contribution in [-0.2, 0) is 13.1 Å². The first-order chi connectivity index (χ1) is 8.75. The molecule has 2 rings (SSSR count). The second-order valence-electron chi connectivity index (χ2n) is 4.31. The van der Waals surface area contributed by atoms with Crippen molar-refractivity contribution in [3.05, 3.63) is 48.0 Å². The van der Waals surface area contributed by atoms with Gasteiger partial charge in [0.2, 0.25) is 0 Å². The van der Waals surface area contributed by atoms with Crippen LogP contribution in [0.25, 0.3) is 0 Å². The van der Waals surface area contributed by atoms with Crippen molar-refractivity contribution in [1.29, 1.82) is 0 Å². The molecule has 18 heavy (non-hydrogen) atoms. The second-order valence-corrected chi connectivity index (χ2v) is 4.31. The van der Waals surface area contributed by atoms with Gasteiger partial charge in [0.15, 0.2) is 0 Å². The lowest BCUT2D eigenvalue weighted by Crippen LogP contribution is -2.30. The average Bonchev–Trinajstić information content (AvgIpc) is 2.84. The number of aliphatic hydroxyl groups is 1. The number of aryl methyl sites for hydroxylation is 1. The van der Waals surface area contributed by atoms with Gasteiger partial charge in [0.05, 0.1) is 12.6 Å². The van der Waals surface area contributed by atoms with E-state index >= 15 is 0 Å². The van der Waals surface area contributed by atoms with Crippen molar-refractivity contribution >= 4 is 0 Å². The molecule has 0 spiro atoms. The minimum absolute atomic E-state index is 0.443. The number of aromatic nitrogens is 3. The lowest BCUT2D eigenvalue weighted by atomic mass is 10.1. The smallest absolute Gasteiger partial charge is 0.0860 e. The molecule has 2 aromatic heterocycles. The van der Waals surface area contributed by atoms with E-state index in [-0.39, 0.29) is 0 Å². The Labute approximate surface area is 106 Å². The summed E-state index contributed by atoms with van der Waals surface area (Å²) in [7, 11) is 0. The molecule has 0 bridgehead atoms. The highest BCUT2D eigenvalue weighted by molar-refractivity contribution is 5.20. The van der Waals surface area contributed by atoms with E-state index in [0.717, 1.165) is 12.1 Å². The number of nitrogens with zero attached hydrogens (tertiary/aromatic N) is 3. The number of rotatable bonds is 6. The van der Waals surface area contributed by atoms with Gasteiger partial charge in [-0.1, -0.05) is 0 Å². The molecule has 2 aromatic rings. The first-order valence-corrected chi connectivity index (χ1v) is 6.01. The van der Waals surface area contributed by atoms with Gasteiger partial charge in [0.1, 0.15) is 0 Å². The number of aliphatic hydroxyl groups excluding tert-OH is 1. The monoisotopic (exact) mass is 246 g/mol. The van der Waals surface area contributed by atoms with Gasteiger partial charge in [-0.05, 0) is 30.2 Å². The van der Waals surface area contributed by atoms with Crippen molar-refractivity contribution < 1.29 is 5.11 Å². The predicted octanol–water partition coefficient (Wildman–Crippen LogP) is 0.737. The molecule has 96 valence electrons. The van der Waals surface area contributed by atoms with E-state index < -0.39 is 6.10 Å². The van der Waals surface area contributed by atoms with Crippen LogP contribution in [0.5, 0.6) is 0 Å². The molecule has 0 radical (unpaired) electrons. The number of hydrogen-bond donors (Lipinski definition) is 2. The van der Waals surface area contributed by atoms with Gasteiger partial charge >= 0.3 is 0 Å². The first-order valence-electron chi connectivity index (χ1n) is 6.01. The zero-order valence-corrected chi connectivity index (χ0v) is 10.5. The Morgan fingerprint density at radius 3 is 3.06 bits per heavy atom. The fourth-order valence-corrected chi connectivity index (χ4v) is 1.74. The van der Waals surface area contributed by atoms with Gasteiger partial charge < -0.3 is 10.4 Å². The van der Waals surface area contributed by atoms with Gasteiger partial charge in [0, 0.05) is 37.9 Å². The van der Waals surface area contributed by atoms with Gasteiger partial charge in [0.25, 0.3) is 0 Å². The van der Waals surface area contributed by atoms with E-state index in [4.69, 9.17) is 0 Å². The van der Waals surface area contributed by atoms with Crippen LogP contribution in [0.2, 0.25) is 0 Å². The molecule has 5 nitrogen and oxygen atoms in total. The van der Waals surface area contributed by atoms with Crippen LogP contribution < -0.4 is 5.32 Å². The van der Waals surface area contributed by atoms with Crippen LogP contribution >= 0.6 is 0 Å². The molecule has 5 heteroatoms. The molecule has 1 unspecified atom stereocenters. The lowest BCUT2D eigenvalue weighted by Gasteiger charge is -2.12. The van der Waals surface area contributed by atoms with Crippen LogP contribution in [0.1, 0.15) is 11.1 Å². The van der Waals surface area contributed by atoms with Crippen molar-refractivity contribution in [2.24, 2.45) is 0 Å². The van der Waals surface area contributed by atoms with Crippen molar-refractivity contribution in [2.75, 3.05) is 6.54 Å². The van der Waals surface area contributed by atoms with Gasteiger partial charge in [-0.3, -0.25) is 9.67 Å². The molecule has 0 saturated heterocycles. The molecule has 2 heterocycles. The largest absolute Gasteiger partial charge is 0.390 e. The van der Waals surface area contributed by atoms with Crippen molar-refractivity contribution in [3.8, 4) is 0 Å². The average molecular weight is 246 g/mol. The van der Waals surface area contributed by atoms with E-state index in [9.17, 15) is 5.11 Å². The molecule has 0 amide bonds. The molecule has 0 fully saturated rings. The number of pyridine rings is 1. The zero-order valence-electron chi connectivity index (χ0n) is 10.5. The third kappa shape index (κ3) is 3.65. The minimum Gasteiger partial charge on any atom is -0.390 e. The van der Waals surface area contributed by atoms with Gasteiger partial charge in [-0.2, -0.15) is 5.10 Å². The minimum atomic E-state index is -0.443. The first kappa shape index (κ1) is 12.7. The SMILES string of the molecule is Cc1ccncc1CNCC(O)Cn1cccn1. The third-order valence-electron chi connectivity index (χ3n) is 2.80. The Morgan fingerprint density at radius 1 is 1.44 bits per heavy atom. The summed E-state index contributed by atoms with van der Waals surface area (Å²) >= 11 is 0. The Hall–Kier alpha value is -1.72. The van der Waals surface area contributed by atoms with Crippen LogP contribution in [0.15, 0.2) is 36.9 Å². The normalized spacial score (nSPS) is 12.6. The van der Waals surface area contributed by atoms with Crippen LogP contribution in [0.3, 0.4) is 0 Å². The van der Waals surface area contributed by atoms with Crippen molar-refractivity contribution in [1.82, 2.24) is 20.1 Å². The van der Waals surface area contributed by atoms with E-state index in [0.29, 0.717) is 13.1 Å². The fraction of sp³-hybridized carbons (Fsp3) is 0.385. The summed E-state index contributed by atoms with van der Waals surface area (Å²) in [4.78, 5) is 4.09. The van der Waals surface area contributed by atoms with E-state index in [2.05, 4.69) is 22.3 Å². The van der Waals surface area contributed by atoms with Crippen molar-refractivity contribution in [2.45, 2.75) is 26.1 Å². The molecule has 2 N–H and O–H groups in total. The summed E-state index contributed by atoms with van der Waals surface area (Å²) in [6.07, 6.45) is 6.74. The maximum atomic E-state index is 9.83. The summed E-state index contributed by atoms with van der Waals surface area (Å²) in [5, 5.41) is 17.1. The maximum Gasteiger partial charge on any atom is 0.0860 e. The molecule has 1 atom stereocenters.